The summed E-state index contributed by atoms with van der Waals surface area (Å²) in [5.41, 5.74) is 1.90. The van der Waals surface area contributed by atoms with Crippen molar-refractivity contribution in [1.82, 2.24) is 10.2 Å². The highest BCUT2D eigenvalue weighted by atomic mass is 32.2. The maximum atomic E-state index is 12.9. The van der Waals surface area contributed by atoms with Gasteiger partial charge in [0.2, 0.25) is 11.8 Å². The molecule has 0 aromatic heterocycles. The van der Waals surface area contributed by atoms with Gasteiger partial charge in [0.1, 0.15) is 6.04 Å². The van der Waals surface area contributed by atoms with Crippen LogP contribution in [0.4, 0.5) is 5.69 Å². The van der Waals surface area contributed by atoms with Crippen LogP contribution in [-0.4, -0.2) is 39.5 Å². The van der Waals surface area contributed by atoms with Crippen molar-refractivity contribution in [3.63, 3.8) is 0 Å². The van der Waals surface area contributed by atoms with Gasteiger partial charge in [0.15, 0.2) is 0 Å². The second-order valence-electron chi connectivity index (χ2n) is 7.26. The number of carbonyl (C=O) groups excluding carboxylic acids is 2. The maximum absolute atomic E-state index is 12.9. The van der Waals surface area contributed by atoms with Gasteiger partial charge in [-0.05, 0) is 31.9 Å². The summed E-state index contributed by atoms with van der Waals surface area (Å²) in [4.78, 5) is 37.4. The van der Waals surface area contributed by atoms with E-state index in [2.05, 4.69) is 5.32 Å². The monoisotopic (exact) mass is 429 g/mol. The van der Waals surface area contributed by atoms with Gasteiger partial charge in [0.25, 0.3) is 5.69 Å². The number of rotatable bonds is 10. The minimum atomic E-state index is -0.597. The third kappa shape index (κ3) is 7.18. The molecule has 0 aliphatic rings. The van der Waals surface area contributed by atoms with Crippen molar-refractivity contribution >= 4 is 29.3 Å². The Balaban J connectivity index is 2.02. The minimum Gasteiger partial charge on any atom is -0.352 e. The third-order valence-corrected chi connectivity index (χ3v) is 5.42. The molecule has 0 aliphatic heterocycles. The Kier molecular flexibility index (Phi) is 8.86. The zero-order valence-electron chi connectivity index (χ0n) is 17.4. The van der Waals surface area contributed by atoms with Crippen LogP contribution in [0.2, 0.25) is 0 Å². The predicted molar refractivity (Wildman–Crippen MR) is 119 cm³/mol. The van der Waals surface area contributed by atoms with Crippen LogP contribution in [0.3, 0.4) is 0 Å². The molecule has 0 aliphatic carbocycles. The summed E-state index contributed by atoms with van der Waals surface area (Å²) in [6, 6.07) is 15.3. The molecule has 30 heavy (non-hydrogen) atoms. The summed E-state index contributed by atoms with van der Waals surface area (Å²) in [6.07, 6.45) is 0. The number of carbonyl (C=O) groups is 2. The molecule has 0 heterocycles. The topological polar surface area (TPSA) is 92.6 Å². The number of amides is 2. The van der Waals surface area contributed by atoms with Crippen LogP contribution in [0, 0.1) is 10.1 Å². The van der Waals surface area contributed by atoms with E-state index in [0.29, 0.717) is 12.3 Å². The number of hydrogen-bond acceptors (Lipinski definition) is 5. The van der Waals surface area contributed by atoms with Gasteiger partial charge in [-0.25, -0.2) is 0 Å². The summed E-state index contributed by atoms with van der Waals surface area (Å²) in [7, 11) is 0. The van der Waals surface area contributed by atoms with E-state index in [0.717, 1.165) is 11.1 Å². The number of nitrogens with zero attached hydrogens (tertiary/aromatic N) is 2. The third-order valence-electron chi connectivity index (χ3n) is 4.44. The van der Waals surface area contributed by atoms with Crippen molar-refractivity contribution in [1.29, 1.82) is 0 Å². The van der Waals surface area contributed by atoms with E-state index >= 15 is 0 Å². The van der Waals surface area contributed by atoms with E-state index in [1.165, 1.54) is 23.9 Å². The van der Waals surface area contributed by atoms with Crippen LogP contribution in [-0.2, 0) is 21.9 Å². The molecule has 0 saturated heterocycles. The summed E-state index contributed by atoms with van der Waals surface area (Å²) in [6.45, 7) is 5.85. The zero-order valence-corrected chi connectivity index (χ0v) is 18.2. The van der Waals surface area contributed by atoms with Crippen molar-refractivity contribution in [2.24, 2.45) is 0 Å². The average Bonchev–Trinajstić information content (AvgIpc) is 2.72. The number of benzene rings is 2. The average molecular weight is 430 g/mol. The van der Waals surface area contributed by atoms with E-state index in [9.17, 15) is 19.7 Å². The van der Waals surface area contributed by atoms with Crippen molar-refractivity contribution in [2.45, 2.75) is 45.2 Å². The molecule has 0 spiro atoms. The highest BCUT2D eigenvalue weighted by molar-refractivity contribution is 7.99. The van der Waals surface area contributed by atoms with E-state index < -0.39 is 11.0 Å². The summed E-state index contributed by atoms with van der Waals surface area (Å²) < 4.78 is 0. The molecule has 2 aromatic rings. The molecule has 2 amide bonds. The number of nitro benzene ring substituents is 1. The van der Waals surface area contributed by atoms with Crippen molar-refractivity contribution in [2.75, 3.05) is 5.75 Å². The first-order chi connectivity index (χ1) is 14.3. The molecule has 0 radical (unpaired) electrons. The highest BCUT2D eigenvalue weighted by Gasteiger charge is 2.26. The van der Waals surface area contributed by atoms with Crippen LogP contribution < -0.4 is 5.32 Å². The first kappa shape index (κ1) is 23.4. The van der Waals surface area contributed by atoms with Gasteiger partial charge in [-0.3, -0.25) is 19.7 Å². The Bertz CT molecular complexity index is 856. The summed E-state index contributed by atoms with van der Waals surface area (Å²) >= 11 is 1.42. The van der Waals surface area contributed by atoms with Gasteiger partial charge >= 0.3 is 0 Å². The molecule has 0 bridgehead atoms. The number of thioether (sulfide) groups is 1. The Morgan fingerprint density at radius 1 is 1.03 bits per heavy atom. The number of nitro groups is 1. The Labute approximate surface area is 181 Å². The van der Waals surface area contributed by atoms with E-state index in [1.54, 1.807) is 24.0 Å². The summed E-state index contributed by atoms with van der Waals surface area (Å²) in [5, 5.41) is 13.6. The quantitative estimate of drug-likeness (QED) is 0.458. The van der Waals surface area contributed by atoms with Gasteiger partial charge in [-0.2, -0.15) is 0 Å². The predicted octanol–water partition coefficient (Wildman–Crippen LogP) is 3.77. The molecule has 2 rings (SSSR count). The second-order valence-corrected chi connectivity index (χ2v) is 8.25. The van der Waals surface area contributed by atoms with Gasteiger partial charge < -0.3 is 10.2 Å². The van der Waals surface area contributed by atoms with E-state index in [4.69, 9.17) is 0 Å². The molecule has 1 atom stereocenters. The van der Waals surface area contributed by atoms with Crippen LogP contribution in [0.25, 0.3) is 0 Å². The fourth-order valence-corrected chi connectivity index (χ4v) is 3.69. The van der Waals surface area contributed by atoms with Gasteiger partial charge in [0, 0.05) is 30.5 Å². The molecular weight excluding hydrogens is 402 g/mol. The lowest BCUT2D eigenvalue weighted by Crippen LogP contribution is -2.49. The largest absolute Gasteiger partial charge is 0.352 e. The molecule has 1 N–H and O–H groups in total. The SMILES string of the molecule is CC(C)NC(=O)C(C)N(Cc1ccccc1)C(=O)CSCc1ccc([N+](=O)[O-])cc1. The molecule has 7 nitrogen and oxygen atoms in total. The lowest BCUT2D eigenvalue weighted by atomic mass is 10.1. The smallest absolute Gasteiger partial charge is 0.269 e. The molecule has 8 heteroatoms. The first-order valence-corrected chi connectivity index (χ1v) is 10.9. The van der Waals surface area contributed by atoms with Crippen LogP contribution in [0.15, 0.2) is 54.6 Å². The lowest BCUT2D eigenvalue weighted by Gasteiger charge is -2.29. The summed E-state index contributed by atoms with van der Waals surface area (Å²) in [5.74, 6) is 0.449. The molecular formula is C22H27N3O4S. The standard InChI is InChI=1S/C22H27N3O4S/c1-16(2)23-22(27)17(3)24(13-18-7-5-4-6-8-18)21(26)15-30-14-19-9-11-20(12-10-19)25(28)29/h4-12,16-17H,13-15H2,1-3H3,(H,23,27). The molecule has 160 valence electrons. The van der Waals surface area contributed by atoms with E-state index in [1.807, 2.05) is 44.2 Å². The molecule has 2 aromatic carbocycles. The molecule has 0 saturated carbocycles. The number of hydrogen-bond donors (Lipinski definition) is 1. The lowest BCUT2D eigenvalue weighted by molar-refractivity contribution is -0.384. The van der Waals surface area contributed by atoms with Gasteiger partial charge in [-0.15, -0.1) is 11.8 Å². The normalized spacial score (nSPS) is 11.7. The van der Waals surface area contributed by atoms with Crippen molar-refractivity contribution < 1.29 is 14.5 Å². The van der Waals surface area contributed by atoms with Crippen molar-refractivity contribution in [3.8, 4) is 0 Å². The Morgan fingerprint density at radius 3 is 2.23 bits per heavy atom. The number of nitrogens with one attached hydrogen (secondary N) is 1. The second kappa shape index (κ2) is 11.3. The minimum absolute atomic E-state index is 0.00913. The number of non-ortho nitro benzene ring substituents is 1. The van der Waals surface area contributed by atoms with Crippen LogP contribution in [0.1, 0.15) is 31.9 Å². The van der Waals surface area contributed by atoms with Crippen molar-refractivity contribution in [3.05, 3.63) is 75.8 Å². The van der Waals surface area contributed by atoms with Crippen LogP contribution in [0.5, 0.6) is 0 Å². The van der Waals surface area contributed by atoms with Crippen LogP contribution >= 0.6 is 11.8 Å². The first-order valence-electron chi connectivity index (χ1n) is 9.72. The highest BCUT2D eigenvalue weighted by Crippen LogP contribution is 2.18. The van der Waals surface area contributed by atoms with E-state index in [-0.39, 0.29) is 29.3 Å². The zero-order chi connectivity index (χ0) is 22.1. The van der Waals surface area contributed by atoms with Gasteiger partial charge in [-0.1, -0.05) is 42.5 Å². The maximum Gasteiger partial charge on any atom is 0.269 e. The van der Waals surface area contributed by atoms with Gasteiger partial charge in [0.05, 0.1) is 10.7 Å². The molecule has 0 fully saturated rings. The molecule has 1 unspecified atom stereocenters. The Morgan fingerprint density at radius 2 is 1.67 bits per heavy atom. The fourth-order valence-electron chi connectivity index (χ4n) is 2.82. The Hall–Kier alpha value is -2.87. The fraction of sp³-hybridized carbons (Fsp3) is 0.364.